The van der Waals surface area contributed by atoms with Crippen LogP contribution in [0.15, 0.2) is 42.5 Å². The molecule has 1 N–H and O–H groups in total. The van der Waals surface area contributed by atoms with Gasteiger partial charge in [-0.2, -0.15) is 0 Å². The number of rotatable bonds is 3. The van der Waals surface area contributed by atoms with Crippen LogP contribution in [0.5, 0.6) is 0 Å². The van der Waals surface area contributed by atoms with Gasteiger partial charge in [-0.15, -0.1) is 0 Å². The molecule has 4 heteroatoms. The molecule has 0 spiro atoms. The van der Waals surface area contributed by atoms with Crippen molar-refractivity contribution in [2.24, 2.45) is 0 Å². The lowest BCUT2D eigenvalue weighted by Gasteiger charge is -2.24. The maximum atomic E-state index is 13.2. The summed E-state index contributed by atoms with van der Waals surface area (Å²) in [5.41, 5.74) is 0.0168. The lowest BCUT2D eigenvalue weighted by Crippen LogP contribution is -2.24. The maximum absolute atomic E-state index is 13.2. The van der Waals surface area contributed by atoms with Crippen LogP contribution in [0.2, 0.25) is 10.0 Å². The van der Waals surface area contributed by atoms with Gasteiger partial charge in [0.1, 0.15) is 5.82 Å². The van der Waals surface area contributed by atoms with Crippen molar-refractivity contribution in [3.05, 3.63) is 69.5 Å². The van der Waals surface area contributed by atoms with Gasteiger partial charge in [-0.25, -0.2) is 4.39 Å². The first-order valence-electron chi connectivity index (χ1n) is 5.81. The minimum Gasteiger partial charge on any atom is -0.385 e. The summed E-state index contributed by atoms with van der Waals surface area (Å²) in [6.45, 7) is 1.62. The Morgan fingerprint density at radius 3 is 2.53 bits per heavy atom. The smallest absolute Gasteiger partial charge is 0.123 e. The standard InChI is InChI=1S/C15H13Cl2FO/c1-15(19,11-5-3-6-12(18)8-11)9-10-4-2-7-13(16)14(10)17/h2-8,19H,9H2,1H3. The second-order valence-electron chi connectivity index (χ2n) is 4.67. The molecule has 0 amide bonds. The van der Waals surface area contributed by atoms with Gasteiger partial charge in [0.2, 0.25) is 0 Å². The minimum atomic E-state index is -1.21. The van der Waals surface area contributed by atoms with E-state index in [-0.39, 0.29) is 12.2 Å². The molecule has 0 heterocycles. The zero-order valence-corrected chi connectivity index (χ0v) is 11.8. The zero-order chi connectivity index (χ0) is 14.0. The molecule has 0 radical (unpaired) electrons. The Morgan fingerprint density at radius 1 is 1.16 bits per heavy atom. The summed E-state index contributed by atoms with van der Waals surface area (Å²) in [5, 5.41) is 11.4. The van der Waals surface area contributed by atoms with E-state index in [9.17, 15) is 9.50 Å². The number of hydrogen-bond acceptors (Lipinski definition) is 1. The molecule has 0 saturated carbocycles. The van der Waals surface area contributed by atoms with Gasteiger partial charge < -0.3 is 5.11 Å². The van der Waals surface area contributed by atoms with Crippen molar-refractivity contribution in [1.29, 1.82) is 0 Å². The molecular weight excluding hydrogens is 286 g/mol. The Balaban J connectivity index is 2.33. The normalized spacial score (nSPS) is 14.2. The van der Waals surface area contributed by atoms with Crippen LogP contribution < -0.4 is 0 Å². The Bertz CT molecular complexity index is 596. The molecule has 1 atom stereocenters. The number of halogens is 3. The van der Waals surface area contributed by atoms with E-state index >= 15 is 0 Å². The highest BCUT2D eigenvalue weighted by Crippen LogP contribution is 2.32. The molecule has 100 valence electrons. The van der Waals surface area contributed by atoms with Gasteiger partial charge in [-0.1, -0.05) is 47.5 Å². The SMILES string of the molecule is CC(O)(Cc1cccc(Cl)c1Cl)c1cccc(F)c1. The molecule has 1 unspecified atom stereocenters. The van der Waals surface area contributed by atoms with Crippen molar-refractivity contribution in [1.82, 2.24) is 0 Å². The fourth-order valence-electron chi connectivity index (χ4n) is 1.98. The van der Waals surface area contributed by atoms with Gasteiger partial charge in [0, 0.05) is 6.42 Å². The maximum Gasteiger partial charge on any atom is 0.123 e. The molecule has 2 rings (SSSR count). The van der Waals surface area contributed by atoms with E-state index in [4.69, 9.17) is 23.2 Å². The molecule has 19 heavy (non-hydrogen) atoms. The fourth-order valence-corrected chi connectivity index (χ4v) is 2.37. The van der Waals surface area contributed by atoms with Crippen LogP contribution in [-0.4, -0.2) is 5.11 Å². The first-order chi connectivity index (χ1) is 8.90. The summed E-state index contributed by atoms with van der Waals surface area (Å²) in [6.07, 6.45) is 0.260. The monoisotopic (exact) mass is 298 g/mol. The van der Waals surface area contributed by atoms with Gasteiger partial charge in [-0.05, 0) is 36.2 Å². The summed E-state index contributed by atoms with van der Waals surface area (Å²) >= 11 is 12.0. The molecule has 0 aliphatic heterocycles. The summed E-state index contributed by atoms with van der Waals surface area (Å²) in [7, 11) is 0. The largest absolute Gasteiger partial charge is 0.385 e. The predicted molar refractivity (Wildman–Crippen MR) is 76.1 cm³/mol. The average molecular weight is 299 g/mol. The summed E-state index contributed by atoms with van der Waals surface area (Å²) in [6, 6.07) is 11.2. The van der Waals surface area contributed by atoms with E-state index < -0.39 is 5.60 Å². The minimum absolute atomic E-state index is 0.260. The van der Waals surface area contributed by atoms with E-state index in [1.807, 2.05) is 0 Å². The molecule has 1 nitrogen and oxygen atoms in total. The Hall–Kier alpha value is -1.09. The second-order valence-corrected chi connectivity index (χ2v) is 5.46. The van der Waals surface area contributed by atoms with E-state index in [1.165, 1.54) is 12.1 Å². The Labute approximate surface area is 121 Å². The number of hydrogen-bond donors (Lipinski definition) is 1. The van der Waals surface area contributed by atoms with Crippen LogP contribution >= 0.6 is 23.2 Å². The fraction of sp³-hybridized carbons (Fsp3) is 0.200. The van der Waals surface area contributed by atoms with Crippen molar-refractivity contribution in [2.75, 3.05) is 0 Å². The third kappa shape index (κ3) is 3.27. The second kappa shape index (κ2) is 5.49. The highest BCUT2D eigenvalue weighted by molar-refractivity contribution is 6.42. The van der Waals surface area contributed by atoms with E-state index in [0.717, 1.165) is 5.56 Å². The predicted octanol–water partition coefficient (Wildman–Crippen LogP) is 4.58. The van der Waals surface area contributed by atoms with Crippen molar-refractivity contribution in [3.8, 4) is 0 Å². The lowest BCUT2D eigenvalue weighted by molar-refractivity contribution is 0.0573. The average Bonchev–Trinajstić information content (AvgIpc) is 2.35. The molecule has 2 aromatic rings. The molecule has 0 saturated heterocycles. The Morgan fingerprint density at radius 2 is 1.84 bits per heavy atom. The van der Waals surface area contributed by atoms with Crippen molar-refractivity contribution < 1.29 is 9.50 Å². The van der Waals surface area contributed by atoms with Crippen LogP contribution in [0.1, 0.15) is 18.1 Å². The van der Waals surface area contributed by atoms with Gasteiger partial charge in [0.25, 0.3) is 0 Å². The molecule has 0 aliphatic rings. The van der Waals surface area contributed by atoms with Crippen LogP contribution in [-0.2, 0) is 12.0 Å². The van der Waals surface area contributed by atoms with Gasteiger partial charge in [-0.3, -0.25) is 0 Å². The molecule has 0 aliphatic carbocycles. The zero-order valence-electron chi connectivity index (χ0n) is 10.3. The highest BCUT2D eigenvalue weighted by Gasteiger charge is 2.25. The summed E-state index contributed by atoms with van der Waals surface area (Å²) in [4.78, 5) is 0. The van der Waals surface area contributed by atoms with Gasteiger partial charge in [0.15, 0.2) is 0 Å². The highest BCUT2D eigenvalue weighted by atomic mass is 35.5. The Kier molecular flexibility index (Phi) is 4.14. The van der Waals surface area contributed by atoms with Crippen molar-refractivity contribution in [3.63, 3.8) is 0 Å². The third-order valence-electron chi connectivity index (χ3n) is 3.01. The first-order valence-corrected chi connectivity index (χ1v) is 6.57. The molecule has 0 bridgehead atoms. The summed E-state index contributed by atoms with van der Waals surface area (Å²) < 4.78 is 13.2. The van der Waals surface area contributed by atoms with Crippen molar-refractivity contribution in [2.45, 2.75) is 18.9 Å². The van der Waals surface area contributed by atoms with Crippen LogP contribution in [0.25, 0.3) is 0 Å². The van der Waals surface area contributed by atoms with Crippen LogP contribution in [0.4, 0.5) is 4.39 Å². The summed E-state index contributed by atoms with van der Waals surface area (Å²) in [5.74, 6) is -0.380. The van der Waals surface area contributed by atoms with Crippen molar-refractivity contribution >= 4 is 23.2 Å². The first kappa shape index (κ1) is 14.3. The van der Waals surface area contributed by atoms with E-state index in [1.54, 1.807) is 37.3 Å². The van der Waals surface area contributed by atoms with E-state index in [2.05, 4.69) is 0 Å². The lowest BCUT2D eigenvalue weighted by atomic mass is 9.89. The van der Waals surface area contributed by atoms with Gasteiger partial charge >= 0.3 is 0 Å². The molecule has 0 aromatic heterocycles. The topological polar surface area (TPSA) is 20.2 Å². The molecule has 2 aromatic carbocycles. The van der Waals surface area contributed by atoms with Gasteiger partial charge in [0.05, 0.1) is 15.6 Å². The number of aliphatic hydroxyl groups is 1. The van der Waals surface area contributed by atoms with Crippen LogP contribution in [0.3, 0.4) is 0 Å². The third-order valence-corrected chi connectivity index (χ3v) is 3.87. The molecular formula is C15H13Cl2FO. The van der Waals surface area contributed by atoms with Crippen LogP contribution in [0, 0.1) is 5.82 Å². The molecule has 0 fully saturated rings. The van der Waals surface area contributed by atoms with E-state index in [0.29, 0.717) is 15.6 Å². The number of benzene rings is 2. The quantitative estimate of drug-likeness (QED) is 0.879.